The van der Waals surface area contributed by atoms with Gasteiger partial charge in [0.25, 0.3) is 5.91 Å². The van der Waals surface area contributed by atoms with Crippen LogP contribution in [0.1, 0.15) is 37.0 Å². The molecule has 1 aliphatic rings. The summed E-state index contributed by atoms with van der Waals surface area (Å²) in [6, 6.07) is 4.14. The fraction of sp³-hybridized carbons (Fsp3) is 0.500. The molecule has 6 heteroatoms. The van der Waals surface area contributed by atoms with Crippen LogP contribution >= 0.6 is 0 Å². The molecule has 1 unspecified atom stereocenters. The Morgan fingerprint density at radius 2 is 2.00 bits per heavy atom. The van der Waals surface area contributed by atoms with Gasteiger partial charge in [-0.05, 0) is 43.9 Å². The summed E-state index contributed by atoms with van der Waals surface area (Å²) in [7, 11) is 0. The highest BCUT2D eigenvalue weighted by Crippen LogP contribution is 2.23. The van der Waals surface area contributed by atoms with Crippen LogP contribution in [0.15, 0.2) is 18.2 Å². The highest BCUT2D eigenvalue weighted by atomic mass is 19.1. The van der Waals surface area contributed by atoms with Gasteiger partial charge in [-0.25, -0.2) is 4.39 Å². The van der Waals surface area contributed by atoms with Crippen LogP contribution in [0.4, 0.5) is 10.1 Å². The second-order valence-electron chi connectivity index (χ2n) is 5.86. The lowest BCUT2D eigenvalue weighted by atomic mass is 9.90. The van der Waals surface area contributed by atoms with Crippen molar-refractivity contribution in [2.24, 2.45) is 11.7 Å². The number of halogens is 1. The van der Waals surface area contributed by atoms with Crippen LogP contribution in [0.3, 0.4) is 0 Å². The Hall–Kier alpha value is -1.95. The minimum absolute atomic E-state index is 0.00880. The van der Waals surface area contributed by atoms with Crippen LogP contribution in [-0.2, 0) is 4.79 Å². The van der Waals surface area contributed by atoms with Crippen molar-refractivity contribution >= 4 is 17.5 Å². The van der Waals surface area contributed by atoms with E-state index in [9.17, 15) is 14.0 Å². The van der Waals surface area contributed by atoms with Crippen LogP contribution in [-0.4, -0.2) is 35.8 Å². The third-order valence-corrected chi connectivity index (χ3v) is 4.09. The maximum atomic E-state index is 13.9. The summed E-state index contributed by atoms with van der Waals surface area (Å²) in [5.74, 6) is -0.774. The molecule has 1 aliphatic heterocycles. The van der Waals surface area contributed by atoms with Crippen LogP contribution in [0.5, 0.6) is 0 Å². The summed E-state index contributed by atoms with van der Waals surface area (Å²) in [6.07, 6.45) is 1.66. The molecule has 1 fully saturated rings. The highest BCUT2D eigenvalue weighted by molar-refractivity contribution is 5.97. The zero-order valence-electron chi connectivity index (χ0n) is 12.9. The molecule has 1 heterocycles. The van der Waals surface area contributed by atoms with Gasteiger partial charge in [-0.3, -0.25) is 9.59 Å². The molecule has 0 aromatic heterocycles. The van der Waals surface area contributed by atoms with Crippen molar-refractivity contribution < 1.29 is 14.0 Å². The lowest BCUT2D eigenvalue weighted by Crippen LogP contribution is -2.42. The number of rotatable bonds is 3. The third-order valence-electron chi connectivity index (χ3n) is 4.09. The van der Waals surface area contributed by atoms with Gasteiger partial charge in [0.05, 0.1) is 5.56 Å². The highest BCUT2D eigenvalue weighted by Gasteiger charge is 2.27. The number of benzene rings is 1. The first kappa shape index (κ1) is 16.4. The molecule has 0 saturated carbocycles. The van der Waals surface area contributed by atoms with Crippen LogP contribution in [0.2, 0.25) is 0 Å². The number of amides is 2. The summed E-state index contributed by atoms with van der Waals surface area (Å²) < 4.78 is 13.9. The van der Waals surface area contributed by atoms with Gasteiger partial charge in [0.1, 0.15) is 5.82 Å². The summed E-state index contributed by atoms with van der Waals surface area (Å²) in [4.78, 5) is 25.2. The van der Waals surface area contributed by atoms with Gasteiger partial charge in [-0.2, -0.15) is 0 Å². The average Bonchev–Trinajstić information content (AvgIpc) is 2.48. The number of carbonyl (C=O) groups excluding carboxylic acids is 2. The Balaban J connectivity index is 2.11. The molecular weight excluding hydrogens is 285 g/mol. The molecule has 0 aliphatic carbocycles. The number of piperidine rings is 1. The van der Waals surface area contributed by atoms with Gasteiger partial charge in [-0.15, -0.1) is 0 Å². The van der Waals surface area contributed by atoms with E-state index in [-0.39, 0.29) is 23.4 Å². The number of anilines is 1. The molecule has 22 heavy (non-hydrogen) atoms. The second-order valence-corrected chi connectivity index (χ2v) is 5.86. The molecular formula is C16H22FN3O2. The molecule has 0 radical (unpaired) electrons. The zero-order valence-corrected chi connectivity index (χ0v) is 12.9. The minimum Gasteiger partial charge on any atom is -0.339 e. The van der Waals surface area contributed by atoms with Crippen molar-refractivity contribution in [3.8, 4) is 0 Å². The number of hydrogen-bond acceptors (Lipinski definition) is 3. The maximum Gasteiger partial charge on any atom is 0.256 e. The molecule has 120 valence electrons. The number of nitrogens with zero attached hydrogens (tertiary/aromatic N) is 1. The number of carbonyl (C=O) groups is 2. The van der Waals surface area contributed by atoms with Gasteiger partial charge in [0.15, 0.2) is 0 Å². The molecule has 2 rings (SSSR count). The Bertz CT molecular complexity index is 567. The van der Waals surface area contributed by atoms with E-state index in [2.05, 4.69) is 5.32 Å². The quantitative estimate of drug-likeness (QED) is 0.896. The van der Waals surface area contributed by atoms with E-state index in [1.165, 1.54) is 25.1 Å². The van der Waals surface area contributed by atoms with Crippen molar-refractivity contribution in [2.75, 3.05) is 18.4 Å². The molecule has 1 aromatic rings. The second kappa shape index (κ2) is 6.87. The van der Waals surface area contributed by atoms with E-state index >= 15 is 0 Å². The summed E-state index contributed by atoms with van der Waals surface area (Å²) in [5, 5.41) is 2.56. The number of likely N-dealkylation sites (tertiary alicyclic amines) is 1. The van der Waals surface area contributed by atoms with E-state index in [1.54, 1.807) is 4.90 Å². The Kier molecular flexibility index (Phi) is 5.13. The average molecular weight is 307 g/mol. The zero-order chi connectivity index (χ0) is 16.3. The van der Waals surface area contributed by atoms with Gasteiger partial charge in [-0.1, -0.05) is 0 Å². The lowest BCUT2D eigenvalue weighted by Gasteiger charge is -2.33. The SMILES string of the molecule is CC(=O)Nc1ccc(F)c(C(=O)N2CCC(C(C)N)CC2)c1. The Morgan fingerprint density at radius 3 is 2.55 bits per heavy atom. The van der Waals surface area contributed by atoms with Gasteiger partial charge in [0, 0.05) is 31.7 Å². The smallest absolute Gasteiger partial charge is 0.256 e. The fourth-order valence-corrected chi connectivity index (χ4v) is 2.77. The predicted octanol–water partition coefficient (Wildman–Crippen LogP) is 1.98. The van der Waals surface area contributed by atoms with Crippen molar-refractivity contribution in [3.05, 3.63) is 29.6 Å². The molecule has 3 N–H and O–H groups in total. The summed E-state index contributed by atoms with van der Waals surface area (Å²) in [6.45, 7) is 4.49. The Morgan fingerprint density at radius 1 is 1.36 bits per heavy atom. The topological polar surface area (TPSA) is 75.4 Å². The summed E-state index contributed by atoms with van der Waals surface area (Å²) in [5.41, 5.74) is 6.30. The number of hydrogen-bond donors (Lipinski definition) is 2. The standard InChI is InChI=1S/C16H22FN3O2/c1-10(18)12-5-7-20(8-6-12)16(22)14-9-13(19-11(2)21)3-4-15(14)17/h3-4,9-10,12H,5-8,18H2,1-2H3,(H,19,21). The molecule has 1 aromatic carbocycles. The first-order valence-corrected chi connectivity index (χ1v) is 7.50. The van der Waals surface area contributed by atoms with Crippen molar-refractivity contribution in [3.63, 3.8) is 0 Å². The van der Waals surface area contributed by atoms with Gasteiger partial charge < -0.3 is 16.0 Å². The Labute approximate surface area is 129 Å². The van der Waals surface area contributed by atoms with Crippen LogP contribution in [0.25, 0.3) is 0 Å². The van der Waals surface area contributed by atoms with Crippen LogP contribution in [0, 0.1) is 11.7 Å². The summed E-state index contributed by atoms with van der Waals surface area (Å²) >= 11 is 0. The lowest BCUT2D eigenvalue weighted by molar-refractivity contribution is -0.114. The minimum atomic E-state index is -0.576. The normalized spacial score (nSPS) is 17.2. The van der Waals surface area contributed by atoms with E-state index in [0.29, 0.717) is 24.7 Å². The number of nitrogens with one attached hydrogen (secondary N) is 1. The van der Waals surface area contributed by atoms with Crippen LogP contribution < -0.4 is 11.1 Å². The third kappa shape index (κ3) is 3.82. The fourth-order valence-electron chi connectivity index (χ4n) is 2.77. The van der Waals surface area contributed by atoms with Gasteiger partial charge in [0.2, 0.25) is 5.91 Å². The molecule has 1 saturated heterocycles. The van der Waals surface area contributed by atoms with E-state index in [0.717, 1.165) is 12.8 Å². The predicted molar refractivity (Wildman–Crippen MR) is 83.0 cm³/mol. The molecule has 5 nitrogen and oxygen atoms in total. The van der Waals surface area contributed by atoms with E-state index in [1.807, 2.05) is 6.92 Å². The van der Waals surface area contributed by atoms with Crippen molar-refractivity contribution in [1.82, 2.24) is 4.90 Å². The largest absolute Gasteiger partial charge is 0.339 e. The van der Waals surface area contributed by atoms with Crippen molar-refractivity contribution in [1.29, 1.82) is 0 Å². The number of nitrogens with two attached hydrogens (primary N) is 1. The first-order chi connectivity index (χ1) is 10.4. The molecule has 1 atom stereocenters. The van der Waals surface area contributed by atoms with Crippen molar-refractivity contribution in [2.45, 2.75) is 32.7 Å². The molecule has 2 amide bonds. The molecule has 0 spiro atoms. The molecule has 0 bridgehead atoms. The monoisotopic (exact) mass is 307 g/mol. The van der Waals surface area contributed by atoms with E-state index in [4.69, 9.17) is 5.73 Å². The first-order valence-electron chi connectivity index (χ1n) is 7.50. The van der Waals surface area contributed by atoms with E-state index < -0.39 is 5.82 Å². The maximum absolute atomic E-state index is 13.9. The van der Waals surface area contributed by atoms with Gasteiger partial charge >= 0.3 is 0 Å².